The van der Waals surface area contributed by atoms with Crippen LogP contribution < -0.4 is 15.1 Å². The first-order chi connectivity index (χ1) is 10.7. The van der Waals surface area contributed by atoms with E-state index in [-0.39, 0.29) is 19.5 Å². The summed E-state index contributed by atoms with van der Waals surface area (Å²) in [4.78, 5) is 18.1. The van der Waals surface area contributed by atoms with Gasteiger partial charge in [0.25, 0.3) is 5.91 Å². The Kier molecular flexibility index (Phi) is 5.46. The molecule has 0 aliphatic carbocycles. The molecule has 0 unspecified atom stereocenters. The van der Waals surface area contributed by atoms with Crippen molar-refractivity contribution in [2.75, 3.05) is 11.5 Å². The van der Waals surface area contributed by atoms with Crippen LogP contribution in [0.25, 0.3) is 0 Å². The van der Waals surface area contributed by atoms with Gasteiger partial charge in [-0.25, -0.2) is 10.5 Å². The molecule has 1 aromatic heterocycles. The summed E-state index contributed by atoms with van der Waals surface area (Å²) in [6.07, 6.45) is 1.77. The topological polar surface area (TPSA) is 74.7 Å². The van der Waals surface area contributed by atoms with Crippen LogP contribution in [0.3, 0.4) is 0 Å². The number of amides is 1. The molecule has 0 fully saturated rings. The number of hydroxylamine groups is 1. The molecule has 2 N–H and O–H groups in total. The molecule has 1 aromatic carbocycles. The van der Waals surface area contributed by atoms with Gasteiger partial charge in [0.15, 0.2) is 0 Å². The van der Waals surface area contributed by atoms with Crippen LogP contribution in [0.1, 0.15) is 22.8 Å². The summed E-state index contributed by atoms with van der Waals surface area (Å²) < 4.78 is 5.82. The molecule has 122 valence electrons. The number of pyridine rings is 1. The van der Waals surface area contributed by atoms with Gasteiger partial charge in [0, 0.05) is 23.9 Å². The maximum Gasteiger partial charge on any atom is 0.274 e. The number of aromatic nitrogens is 1. The van der Waals surface area contributed by atoms with Gasteiger partial charge in [-0.1, -0.05) is 12.1 Å². The number of benzene rings is 1. The lowest BCUT2D eigenvalue weighted by molar-refractivity contribution is 0.0706. The van der Waals surface area contributed by atoms with Crippen molar-refractivity contribution in [3.05, 3.63) is 53.7 Å². The van der Waals surface area contributed by atoms with E-state index in [1.54, 1.807) is 23.8 Å². The fourth-order valence-corrected chi connectivity index (χ4v) is 2.50. The van der Waals surface area contributed by atoms with Crippen LogP contribution in [-0.2, 0) is 6.54 Å². The van der Waals surface area contributed by atoms with Crippen LogP contribution >= 0.6 is 13.5 Å². The van der Waals surface area contributed by atoms with E-state index in [0.717, 1.165) is 11.4 Å². The molecule has 0 saturated carbocycles. The summed E-state index contributed by atoms with van der Waals surface area (Å²) in [6.45, 7) is 3.21. The fraction of sp³-hybridized carbons (Fsp3) is 0.250. The van der Waals surface area contributed by atoms with Crippen LogP contribution in [-0.4, -0.2) is 28.7 Å². The molecule has 2 aromatic rings. The Labute approximate surface area is 141 Å². The number of ether oxygens (including phenoxy) is 1. The van der Waals surface area contributed by atoms with Gasteiger partial charge in [0.1, 0.15) is 18.2 Å². The predicted octanol–water partition coefficient (Wildman–Crippen LogP) is 2.10. The number of fused-ring (bicyclic) bond motifs is 1. The molecule has 1 aliphatic heterocycles. The zero-order chi connectivity index (χ0) is 15.5. The quantitative estimate of drug-likeness (QED) is 0.650. The number of nitrogens with one attached hydrogen (secondary N) is 1. The summed E-state index contributed by atoms with van der Waals surface area (Å²) >= 11 is 0. The second-order valence-corrected chi connectivity index (χ2v) is 5.24. The maximum atomic E-state index is 11.5. The van der Waals surface area contributed by atoms with E-state index in [2.05, 4.69) is 16.8 Å². The average molecular weight is 333 g/mol. The van der Waals surface area contributed by atoms with Crippen molar-refractivity contribution >= 4 is 25.2 Å². The van der Waals surface area contributed by atoms with Gasteiger partial charge in [-0.3, -0.25) is 10.0 Å². The third-order valence-electron chi connectivity index (χ3n) is 3.73. The van der Waals surface area contributed by atoms with Crippen LogP contribution in [0.2, 0.25) is 0 Å². The van der Waals surface area contributed by atoms with Gasteiger partial charge in [-0.15, -0.1) is 0 Å². The van der Waals surface area contributed by atoms with E-state index in [1.807, 2.05) is 24.3 Å². The lowest BCUT2D eigenvalue weighted by Crippen LogP contribution is -2.35. The minimum Gasteiger partial charge on any atom is -0.491 e. The van der Waals surface area contributed by atoms with Gasteiger partial charge < -0.3 is 9.64 Å². The van der Waals surface area contributed by atoms with Crippen LogP contribution in [0.5, 0.6) is 5.75 Å². The van der Waals surface area contributed by atoms with Gasteiger partial charge in [-0.05, 0) is 31.2 Å². The molecule has 3 rings (SSSR count). The zero-order valence-corrected chi connectivity index (χ0v) is 13.7. The van der Waals surface area contributed by atoms with Crippen LogP contribution in [0, 0.1) is 0 Å². The highest BCUT2D eigenvalue weighted by atomic mass is 32.1. The largest absolute Gasteiger partial charge is 0.491 e. The minimum atomic E-state index is -0.551. The number of rotatable bonds is 2. The van der Waals surface area contributed by atoms with Gasteiger partial charge in [-0.2, -0.15) is 13.5 Å². The van der Waals surface area contributed by atoms with Crippen molar-refractivity contribution in [3.8, 4) is 5.75 Å². The summed E-state index contributed by atoms with van der Waals surface area (Å²) in [7, 11) is 0. The molecule has 23 heavy (non-hydrogen) atoms. The Morgan fingerprint density at radius 1 is 1.39 bits per heavy atom. The van der Waals surface area contributed by atoms with E-state index >= 15 is 0 Å². The summed E-state index contributed by atoms with van der Waals surface area (Å²) in [5.41, 5.74) is 2.97. The van der Waals surface area contributed by atoms with Crippen molar-refractivity contribution in [1.82, 2.24) is 10.5 Å². The van der Waals surface area contributed by atoms with E-state index in [1.165, 1.54) is 0 Å². The molecule has 0 saturated heterocycles. The molecule has 0 spiro atoms. The summed E-state index contributed by atoms with van der Waals surface area (Å²) in [5.74, 6) is 1.00. The number of anilines is 1. The van der Waals surface area contributed by atoms with E-state index in [9.17, 15) is 4.79 Å². The Balaban J connectivity index is 0.00000192. The van der Waals surface area contributed by atoms with Gasteiger partial charge in [0.05, 0.1) is 6.04 Å². The third kappa shape index (κ3) is 3.57. The second-order valence-electron chi connectivity index (χ2n) is 5.24. The maximum absolute atomic E-state index is 11.5. The van der Waals surface area contributed by atoms with E-state index in [4.69, 9.17) is 9.94 Å². The molecule has 2 heterocycles. The highest BCUT2D eigenvalue weighted by Gasteiger charge is 2.23. The first-order valence-corrected chi connectivity index (χ1v) is 7.07. The monoisotopic (exact) mass is 333 g/mol. The highest BCUT2D eigenvalue weighted by Crippen LogP contribution is 2.28. The minimum absolute atomic E-state index is 0. The Hall–Kier alpha value is -2.25. The molecule has 0 radical (unpaired) electrons. The summed E-state index contributed by atoms with van der Waals surface area (Å²) in [6, 6.07) is 11.1. The molecular weight excluding hydrogens is 314 g/mol. The molecule has 1 aliphatic rings. The Morgan fingerprint density at radius 2 is 2.22 bits per heavy atom. The molecule has 1 amide bonds. The molecule has 6 nitrogen and oxygen atoms in total. The number of hydrogen-bond donors (Lipinski definition) is 2. The lowest BCUT2D eigenvalue weighted by Gasteiger charge is -2.27. The smallest absolute Gasteiger partial charge is 0.274 e. The number of hydrogen-bond acceptors (Lipinski definition) is 5. The molecule has 1 atom stereocenters. The van der Waals surface area contributed by atoms with Crippen molar-refractivity contribution in [1.29, 1.82) is 0 Å². The van der Waals surface area contributed by atoms with Gasteiger partial charge in [0.2, 0.25) is 0 Å². The van der Waals surface area contributed by atoms with Crippen molar-refractivity contribution in [2.24, 2.45) is 0 Å². The van der Waals surface area contributed by atoms with Crippen LogP contribution in [0.4, 0.5) is 5.82 Å². The predicted molar refractivity (Wildman–Crippen MR) is 91.5 cm³/mol. The van der Waals surface area contributed by atoms with Crippen molar-refractivity contribution < 1.29 is 14.7 Å². The lowest BCUT2D eigenvalue weighted by atomic mass is 10.1. The first kappa shape index (κ1) is 17.1. The van der Waals surface area contributed by atoms with E-state index < -0.39 is 5.91 Å². The highest BCUT2D eigenvalue weighted by molar-refractivity contribution is 7.59. The number of nitrogens with zero attached hydrogens (tertiary/aromatic N) is 2. The Morgan fingerprint density at radius 3 is 2.91 bits per heavy atom. The Bertz CT molecular complexity index is 682. The number of carbonyl (C=O) groups excluding carboxylic acids is 1. The fourth-order valence-electron chi connectivity index (χ4n) is 2.50. The molecule has 7 heteroatoms. The molecular formula is C16H19N3O3S. The standard InChI is InChI=1S/C16H17N3O3.H2S/c1-11-10-22-14-8-12(16(20)18-21)5-6-13(14)9-19(11)15-4-2-3-7-17-15;/h2-8,11,21H,9-10H2,1H3,(H,18,20);1H2/t11-;/m0./s1. The molecule has 0 bridgehead atoms. The van der Waals surface area contributed by atoms with E-state index in [0.29, 0.717) is 24.5 Å². The third-order valence-corrected chi connectivity index (χ3v) is 3.73. The van der Waals surface area contributed by atoms with Crippen LogP contribution in [0.15, 0.2) is 42.6 Å². The number of carbonyl (C=O) groups is 1. The second kappa shape index (κ2) is 7.34. The first-order valence-electron chi connectivity index (χ1n) is 7.07. The van der Waals surface area contributed by atoms with Crippen molar-refractivity contribution in [2.45, 2.75) is 19.5 Å². The SMILES string of the molecule is C[C@H]1COc2cc(C(=O)NO)ccc2CN1c1ccccn1.S. The van der Waals surface area contributed by atoms with Crippen molar-refractivity contribution in [3.63, 3.8) is 0 Å². The normalized spacial score (nSPS) is 16.4. The van der Waals surface area contributed by atoms with Gasteiger partial charge >= 0.3 is 0 Å². The zero-order valence-electron chi connectivity index (χ0n) is 12.7. The average Bonchev–Trinajstić information content (AvgIpc) is 2.74. The summed E-state index contributed by atoms with van der Waals surface area (Å²) in [5, 5.41) is 8.72.